The lowest BCUT2D eigenvalue weighted by molar-refractivity contribution is -0.137. The van der Waals surface area contributed by atoms with E-state index < -0.39 is 11.7 Å². The van der Waals surface area contributed by atoms with E-state index in [1.165, 1.54) is 29.9 Å². The average Bonchev–Trinajstić information content (AvgIpc) is 3.19. The van der Waals surface area contributed by atoms with Crippen LogP contribution in [0.25, 0.3) is 10.4 Å². The minimum absolute atomic E-state index is 0.222. The molecule has 0 spiro atoms. The number of carbonyl (C=O) groups excluding carboxylic acids is 1. The molecule has 1 aliphatic rings. The van der Waals surface area contributed by atoms with Crippen LogP contribution in [-0.2, 0) is 6.18 Å². The zero-order valence-electron chi connectivity index (χ0n) is 15.6. The lowest BCUT2D eigenvalue weighted by Crippen LogP contribution is -2.29. The lowest BCUT2D eigenvalue weighted by Gasteiger charge is -2.25. The van der Waals surface area contributed by atoms with Crippen LogP contribution in [0.1, 0.15) is 40.9 Å². The summed E-state index contributed by atoms with van der Waals surface area (Å²) < 4.78 is 38.8. The van der Waals surface area contributed by atoms with Crippen LogP contribution in [0.2, 0.25) is 0 Å². The van der Waals surface area contributed by atoms with Gasteiger partial charge in [-0.15, -0.1) is 0 Å². The number of hydrogen-bond donors (Lipinski definition) is 0. The van der Waals surface area contributed by atoms with Crippen molar-refractivity contribution < 1.29 is 18.0 Å². The second-order valence-corrected chi connectivity index (χ2v) is 7.97. The molecule has 0 amide bonds. The fourth-order valence-electron chi connectivity index (χ4n) is 3.42. The first-order valence-electron chi connectivity index (χ1n) is 9.46. The summed E-state index contributed by atoms with van der Waals surface area (Å²) in [5.74, 6) is -0.222. The van der Waals surface area contributed by atoms with Crippen molar-refractivity contribution in [3.8, 4) is 10.4 Å². The monoisotopic (exact) mass is 416 g/mol. The normalized spacial score (nSPS) is 14.8. The van der Waals surface area contributed by atoms with Gasteiger partial charge in [0.1, 0.15) is 5.69 Å². The maximum absolute atomic E-state index is 13.1. The standard InChI is InChI=1S/C22H19F3N2OS/c23-22(24,25)17-11-9-16(10-12-17)20-18(19(28)15-7-3-1-4-8-15)26-21(29-20)27-13-5-2-6-14-27/h1,3-4,7-12H,2,5-6,13-14H2. The number of nitrogens with zero attached hydrogens (tertiary/aromatic N) is 2. The second kappa shape index (κ2) is 7.99. The Bertz CT molecular complexity index is 991. The fourth-order valence-corrected chi connectivity index (χ4v) is 4.54. The molecule has 2 aromatic carbocycles. The van der Waals surface area contributed by atoms with Gasteiger partial charge in [0.25, 0.3) is 0 Å². The number of piperidine rings is 1. The van der Waals surface area contributed by atoms with E-state index in [2.05, 4.69) is 9.88 Å². The third kappa shape index (κ3) is 4.19. The van der Waals surface area contributed by atoms with Crippen LogP contribution < -0.4 is 4.90 Å². The van der Waals surface area contributed by atoms with Gasteiger partial charge in [0.2, 0.25) is 5.78 Å². The maximum atomic E-state index is 13.1. The summed E-state index contributed by atoms with van der Waals surface area (Å²) in [4.78, 5) is 20.5. The SMILES string of the molecule is O=C(c1ccccc1)c1nc(N2CCCCC2)sc1-c1ccc(C(F)(F)F)cc1. The van der Waals surface area contributed by atoms with E-state index in [-0.39, 0.29) is 5.78 Å². The highest BCUT2D eigenvalue weighted by molar-refractivity contribution is 7.19. The zero-order valence-corrected chi connectivity index (χ0v) is 16.4. The number of halogens is 3. The van der Waals surface area contributed by atoms with Gasteiger partial charge in [0.05, 0.1) is 10.4 Å². The number of ketones is 1. The molecule has 150 valence electrons. The zero-order chi connectivity index (χ0) is 20.4. The minimum atomic E-state index is -4.39. The summed E-state index contributed by atoms with van der Waals surface area (Å²) >= 11 is 1.37. The van der Waals surface area contributed by atoms with Crippen molar-refractivity contribution in [1.82, 2.24) is 4.98 Å². The van der Waals surface area contributed by atoms with Gasteiger partial charge in [-0.25, -0.2) is 4.98 Å². The molecule has 0 unspecified atom stereocenters. The van der Waals surface area contributed by atoms with Crippen LogP contribution in [0, 0.1) is 0 Å². The first-order valence-corrected chi connectivity index (χ1v) is 10.3. The Balaban J connectivity index is 1.76. The quantitative estimate of drug-likeness (QED) is 0.486. The predicted molar refractivity (Wildman–Crippen MR) is 108 cm³/mol. The number of rotatable bonds is 4. The Morgan fingerprint density at radius 1 is 0.931 bits per heavy atom. The van der Waals surface area contributed by atoms with Crippen LogP contribution in [0.3, 0.4) is 0 Å². The number of thiazole rings is 1. The van der Waals surface area contributed by atoms with E-state index in [0.717, 1.165) is 43.2 Å². The van der Waals surface area contributed by atoms with Crippen LogP contribution >= 0.6 is 11.3 Å². The summed E-state index contributed by atoms with van der Waals surface area (Å²) in [5.41, 5.74) is 0.661. The van der Waals surface area contributed by atoms with Gasteiger partial charge in [-0.2, -0.15) is 13.2 Å². The molecule has 29 heavy (non-hydrogen) atoms. The van der Waals surface area contributed by atoms with Crippen LogP contribution in [-0.4, -0.2) is 23.9 Å². The Hall–Kier alpha value is -2.67. The van der Waals surface area contributed by atoms with Crippen molar-refractivity contribution in [3.05, 3.63) is 71.4 Å². The maximum Gasteiger partial charge on any atom is 0.416 e. The topological polar surface area (TPSA) is 33.2 Å². The van der Waals surface area contributed by atoms with Gasteiger partial charge in [0, 0.05) is 18.7 Å². The Morgan fingerprint density at radius 3 is 2.21 bits per heavy atom. The highest BCUT2D eigenvalue weighted by Crippen LogP contribution is 2.38. The molecule has 7 heteroatoms. The highest BCUT2D eigenvalue weighted by Gasteiger charge is 2.30. The molecular formula is C22H19F3N2OS. The van der Waals surface area contributed by atoms with Crippen LogP contribution in [0.15, 0.2) is 54.6 Å². The molecule has 3 nitrogen and oxygen atoms in total. The largest absolute Gasteiger partial charge is 0.416 e. The molecule has 0 atom stereocenters. The summed E-state index contributed by atoms with van der Waals surface area (Å²) in [6.07, 6.45) is -1.09. The number of aromatic nitrogens is 1. The number of alkyl halides is 3. The molecule has 1 fully saturated rings. The average molecular weight is 416 g/mol. The molecule has 2 heterocycles. The highest BCUT2D eigenvalue weighted by atomic mass is 32.1. The molecule has 0 N–H and O–H groups in total. The fraction of sp³-hybridized carbons (Fsp3) is 0.273. The third-order valence-electron chi connectivity index (χ3n) is 4.97. The molecule has 0 radical (unpaired) electrons. The molecule has 1 aromatic heterocycles. The molecule has 3 aromatic rings. The van der Waals surface area contributed by atoms with E-state index in [0.29, 0.717) is 21.7 Å². The number of anilines is 1. The van der Waals surface area contributed by atoms with Crippen molar-refractivity contribution in [2.24, 2.45) is 0 Å². The van der Waals surface area contributed by atoms with Gasteiger partial charge in [0.15, 0.2) is 5.13 Å². The Kier molecular flexibility index (Phi) is 5.41. The van der Waals surface area contributed by atoms with Gasteiger partial charge in [-0.1, -0.05) is 53.8 Å². The summed E-state index contributed by atoms with van der Waals surface area (Å²) in [6, 6.07) is 13.8. The molecule has 0 saturated carbocycles. The lowest BCUT2D eigenvalue weighted by atomic mass is 10.0. The van der Waals surface area contributed by atoms with E-state index >= 15 is 0 Å². The van der Waals surface area contributed by atoms with Crippen LogP contribution in [0.5, 0.6) is 0 Å². The molecule has 4 rings (SSSR count). The van der Waals surface area contributed by atoms with E-state index in [1.54, 1.807) is 24.3 Å². The second-order valence-electron chi connectivity index (χ2n) is 6.99. The first kappa shape index (κ1) is 19.6. The van der Waals surface area contributed by atoms with Crippen molar-refractivity contribution in [2.75, 3.05) is 18.0 Å². The Morgan fingerprint density at radius 2 is 1.59 bits per heavy atom. The van der Waals surface area contributed by atoms with E-state index in [4.69, 9.17) is 0 Å². The number of hydrogen-bond acceptors (Lipinski definition) is 4. The smallest absolute Gasteiger partial charge is 0.348 e. The van der Waals surface area contributed by atoms with Crippen molar-refractivity contribution in [3.63, 3.8) is 0 Å². The van der Waals surface area contributed by atoms with E-state index in [1.807, 2.05) is 6.07 Å². The van der Waals surface area contributed by atoms with Crippen molar-refractivity contribution >= 4 is 22.3 Å². The first-order chi connectivity index (χ1) is 13.9. The number of carbonyl (C=O) groups is 1. The van der Waals surface area contributed by atoms with Crippen LogP contribution in [0.4, 0.5) is 18.3 Å². The Labute approximate surface area is 170 Å². The molecular weight excluding hydrogens is 397 g/mol. The van der Waals surface area contributed by atoms with Gasteiger partial charge in [-0.3, -0.25) is 4.79 Å². The number of benzene rings is 2. The predicted octanol–water partition coefficient (Wildman–Crippen LogP) is 6.05. The van der Waals surface area contributed by atoms with Crippen molar-refractivity contribution in [1.29, 1.82) is 0 Å². The molecule has 0 bridgehead atoms. The summed E-state index contributed by atoms with van der Waals surface area (Å²) in [5, 5.41) is 0.749. The molecule has 1 saturated heterocycles. The van der Waals surface area contributed by atoms with Gasteiger partial charge >= 0.3 is 6.18 Å². The third-order valence-corrected chi connectivity index (χ3v) is 6.13. The van der Waals surface area contributed by atoms with Gasteiger partial charge in [-0.05, 0) is 37.0 Å². The van der Waals surface area contributed by atoms with Crippen molar-refractivity contribution in [2.45, 2.75) is 25.4 Å². The summed E-state index contributed by atoms with van der Waals surface area (Å²) in [7, 11) is 0. The summed E-state index contributed by atoms with van der Waals surface area (Å²) in [6.45, 7) is 1.75. The minimum Gasteiger partial charge on any atom is -0.348 e. The van der Waals surface area contributed by atoms with E-state index in [9.17, 15) is 18.0 Å². The molecule has 1 aliphatic heterocycles. The molecule has 0 aliphatic carbocycles. The van der Waals surface area contributed by atoms with Gasteiger partial charge < -0.3 is 4.90 Å².